The molecule has 2 aromatic carbocycles. The molecule has 1 aliphatic heterocycles. The Bertz CT molecular complexity index is 1320. The number of nitrogens with zero attached hydrogens (tertiary/aromatic N) is 3. The van der Waals surface area contributed by atoms with E-state index >= 15 is 0 Å². The van der Waals surface area contributed by atoms with Crippen LogP contribution in [0.5, 0.6) is 0 Å². The predicted molar refractivity (Wildman–Crippen MR) is 101 cm³/mol. The first-order valence-electron chi connectivity index (χ1n) is 8.09. The van der Waals surface area contributed by atoms with Crippen LogP contribution in [0.15, 0.2) is 63.9 Å². The summed E-state index contributed by atoms with van der Waals surface area (Å²) in [6.45, 7) is 1.73. The number of para-hydroxylation sites is 1. The van der Waals surface area contributed by atoms with Gasteiger partial charge in [0.2, 0.25) is 5.43 Å². The molecule has 26 heavy (non-hydrogen) atoms. The van der Waals surface area contributed by atoms with Crippen molar-refractivity contribution in [1.29, 1.82) is 0 Å². The molecule has 0 bridgehead atoms. The van der Waals surface area contributed by atoms with E-state index in [1.54, 1.807) is 29.8 Å². The normalized spacial score (nSPS) is 11.6. The van der Waals surface area contributed by atoms with E-state index in [-0.39, 0.29) is 5.43 Å². The first-order valence-corrected chi connectivity index (χ1v) is 8.47. The Morgan fingerprint density at radius 1 is 1.12 bits per heavy atom. The van der Waals surface area contributed by atoms with Crippen LogP contribution in [-0.2, 0) is 0 Å². The van der Waals surface area contributed by atoms with Gasteiger partial charge in [0.25, 0.3) is 0 Å². The van der Waals surface area contributed by atoms with Crippen molar-refractivity contribution in [2.24, 2.45) is 0 Å². The van der Waals surface area contributed by atoms with Gasteiger partial charge >= 0.3 is 0 Å². The van der Waals surface area contributed by atoms with Gasteiger partial charge in [0.1, 0.15) is 16.7 Å². The van der Waals surface area contributed by atoms with Gasteiger partial charge in [0.05, 0.1) is 11.1 Å². The second-order valence-corrected chi connectivity index (χ2v) is 6.57. The van der Waals surface area contributed by atoms with Crippen molar-refractivity contribution in [3.8, 4) is 17.1 Å². The molecule has 2 aliphatic rings. The lowest BCUT2D eigenvalue weighted by Gasteiger charge is -2.09. The van der Waals surface area contributed by atoms with Crippen LogP contribution >= 0.6 is 11.6 Å². The first-order chi connectivity index (χ1) is 12.6. The zero-order valence-electron chi connectivity index (χ0n) is 13.7. The molecule has 0 fully saturated rings. The number of hydrogen-bond acceptors (Lipinski definition) is 4. The molecule has 0 amide bonds. The van der Waals surface area contributed by atoms with Crippen LogP contribution in [0.25, 0.3) is 39.1 Å². The number of aromatic nitrogens is 3. The maximum absolute atomic E-state index is 12.8. The van der Waals surface area contributed by atoms with Crippen LogP contribution in [0, 0.1) is 6.92 Å². The van der Waals surface area contributed by atoms with Crippen molar-refractivity contribution in [3.63, 3.8) is 0 Å². The molecule has 0 atom stereocenters. The smallest absolute Gasteiger partial charge is 0.213 e. The van der Waals surface area contributed by atoms with Crippen molar-refractivity contribution < 1.29 is 4.42 Å². The lowest BCUT2D eigenvalue weighted by atomic mass is 10.1. The molecular formula is C20H12ClN3O2. The van der Waals surface area contributed by atoms with Gasteiger partial charge in [-0.15, -0.1) is 0 Å². The van der Waals surface area contributed by atoms with E-state index in [1.807, 2.05) is 36.5 Å². The van der Waals surface area contributed by atoms with Crippen LogP contribution < -0.4 is 5.43 Å². The SMILES string of the molecule is Cc1c2oc3ccc(Cl)cc3nc-2c2cn(-c3ccccc3)nc2c1=O. The quantitative estimate of drug-likeness (QED) is 0.409. The largest absolute Gasteiger partial charge is 0.452 e. The second-order valence-electron chi connectivity index (χ2n) is 6.13. The van der Waals surface area contributed by atoms with Gasteiger partial charge in [-0.3, -0.25) is 4.79 Å². The van der Waals surface area contributed by atoms with E-state index in [2.05, 4.69) is 5.10 Å². The van der Waals surface area contributed by atoms with Gasteiger partial charge in [-0.25, -0.2) is 9.67 Å². The first kappa shape index (κ1) is 15.1. The van der Waals surface area contributed by atoms with E-state index in [1.165, 1.54) is 0 Å². The Hall–Kier alpha value is -3.18. The molecule has 2 heterocycles. The molecule has 0 saturated heterocycles. The van der Waals surface area contributed by atoms with Crippen molar-refractivity contribution in [1.82, 2.24) is 14.8 Å². The molecule has 3 aromatic rings. The minimum atomic E-state index is -0.152. The lowest BCUT2D eigenvalue weighted by molar-refractivity contribution is 0.609. The third-order valence-electron chi connectivity index (χ3n) is 4.47. The van der Waals surface area contributed by atoms with Crippen LogP contribution in [0.4, 0.5) is 0 Å². The average molecular weight is 362 g/mol. The van der Waals surface area contributed by atoms with Gasteiger partial charge in [0.15, 0.2) is 11.3 Å². The van der Waals surface area contributed by atoms with E-state index < -0.39 is 0 Å². The molecule has 1 aliphatic carbocycles. The fourth-order valence-electron chi connectivity index (χ4n) is 3.14. The monoisotopic (exact) mass is 361 g/mol. The van der Waals surface area contributed by atoms with Gasteiger partial charge < -0.3 is 4.42 Å². The molecule has 0 saturated carbocycles. The zero-order valence-corrected chi connectivity index (χ0v) is 14.5. The summed E-state index contributed by atoms with van der Waals surface area (Å²) in [4.78, 5) is 17.5. The third-order valence-corrected chi connectivity index (χ3v) is 4.70. The van der Waals surface area contributed by atoms with Crippen molar-refractivity contribution >= 4 is 33.6 Å². The standard InChI is InChI=1S/C20H12ClN3O2/c1-11-19(25)17-14(10-24(23-17)13-5-3-2-4-6-13)18-20(11)26-16-8-7-12(21)9-15(16)22-18/h2-10H,1H3. The van der Waals surface area contributed by atoms with Crippen molar-refractivity contribution in [2.45, 2.75) is 6.92 Å². The molecule has 5 rings (SSSR count). The topological polar surface area (TPSA) is 60.9 Å². The van der Waals surface area contributed by atoms with Crippen LogP contribution in [-0.4, -0.2) is 14.8 Å². The number of hydrogen-bond donors (Lipinski definition) is 0. The summed E-state index contributed by atoms with van der Waals surface area (Å²) in [5, 5.41) is 5.72. The van der Waals surface area contributed by atoms with E-state index in [0.717, 1.165) is 5.69 Å². The molecular weight excluding hydrogens is 350 g/mol. The van der Waals surface area contributed by atoms with Crippen LogP contribution in [0.1, 0.15) is 5.56 Å². The minimum Gasteiger partial charge on any atom is -0.452 e. The summed E-state index contributed by atoms with van der Waals surface area (Å²) in [7, 11) is 0. The molecule has 5 nitrogen and oxygen atoms in total. The number of rotatable bonds is 1. The van der Waals surface area contributed by atoms with E-state index in [4.69, 9.17) is 21.0 Å². The number of fused-ring (bicyclic) bond motifs is 4. The molecule has 0 spiro atoms. The summed E-state index contributed by atoms with van der Waals surface area (Å²) in [5.74, 6) is 0.477. The average Bonchev–Trinajstić information content (AvgIpc) is 3.11. The zero-order chi connectivity index (χ0) is 17.8. The maximum atomic E-state index is 12.8. The van der Waals surface area contributed by atoms with Gasteiger partial charge in [0, 0.05) is 16.8 Å². The van der Waals surface area contributed by atoms with Gasteiger partial charge in [-0.2, -0.15) is 5.10 Å². The molecule has 1 aromatic heterocycles. The Kier molecular flexibility index (Phi) is 3.14. The van der Waals surface area contributed by atoms with Crippen LogP contribution in [0.3, 0.4) is 0 Å². The molecule has 0 radical (unpaired) electrons. The van der Waals surface area contributed by atoms with Crippen molar-refractivity contribution in [2.75, 3.05) is 0 Å². The Balaban J connectivity index is 1.92. The van der Waals surface area contributed by atoms with E-state index in [0.29, 0.717) is 44.0 Å². The van der Waals surface area contributed by atoms with Crippen LogP contribution in [0.2, 0.25) is 5.02 Å². The van der Waals surface area contributed by atoms with Gasteiger partial charge in [-0.1, -0.05) is 29.8 Å². The Morgan fingerprint density at radius 2 is 1.92 bits per heavy atom. The Labute approximate surface area is 152 Å². The summed E-state index contributed by atoms with van der Waals surface area (Å²) in [5.41, 5.74) is 3.42. The summed E-state index contributed by atoms with van der Waals surface area (Å²) < 4.78 is 7.67. The summed E-state index contributed by atoms with van der Waals surface area (Å²) in [6.07, 6.45) is 1.81. The third kappa shape index (κ3) is 2.14. The fraction of sp³-hybridized carbons (Fsp3) is 0.0500. The number of halogens is 1. The highest BCUT2D eigenvalue weighted by Gasteiger charge is 2.22. The van der Waals surface area contributed by atoms with Gasteiger partial charge in [-0.05, 0) is 37.3 Å². The second kappa shape index (κ2) is 5.41. The Morgan fingerprint density at radius 3 is 2.73 bits per heavy atom. The predicted octanol–water partition coefficient (Wildman–Crippen LogP) is 4.59. The van der Waals surface area contributed by atoms with Crippen molar-refractivity contribution in [3.05, 3.63) is 75.5 Å². The summed E-state index contributed by atoms with van der Waals surface area (Å²) in [6, 6.07) is 14.9. The summed E-state index contributed by atoms with van der Waals surface area (Å²) >= 11 is 6.08. The van der Waals surface area contributed by atoms with E-state index in [9.17, 15) is 4.79 Å². The molecule has 0 unspecified atom stereocenters. The molecule has 126 valence electrons. The maximum Gasteiger partial charge on any atom is 0.213 e. The molecule has 6 heteroatoms. The number of benzene rings is 3. The molecule has 0 N–H and O–H groups in total. The fourth-order valence-corrected chi connectivity index (χ4v) is 3.31. The minimum absolute atomic E-state index is 0.152. The highest BCUT2D eigenvalue weighted by molar-refractivity contribution is 6.31. The lowest BCUT2D eigenvalue weighted by Crippen LogP contribution is -2.10. The highest BCUT2D eigenvalue weighted by atomic mass is 35.5. The highest BCUT2D eigenvalue weighted by Crippen LogP contribution is 2.33.